The van der Waals surface area contributed by atoms with E-state index < -0.39 is 138 Å². The quantitative estimate of drug-likeness (QED) is 0.0419. The summed E-state index contributed by atoms with van der Waals surface area (Å²) in [4.78, 5) is 65.9. The number of ether oxygens (including phenoxy) is 6. The van der Waals surface area contributed by atoms with Crippen molar-refractivity contribution in [2.24, 2.45) is 10.9 Å². The molecule has 0 radical (unpaired) electrons. The molecule has 2 aliphatic heterocycles. The van der Waals surface area contributed by atoms with Crippen molar-refractivity contribution in [2.75, 3.05) is 6.61 Å². The Bertz CT molecular complexity index is 1580. The minimum absolute atomic E-state index is 0.382. The maximum Gasteiger partial charge on any atom is 0.357 e. The summed E-state index contributed by atoms with van der Waals surface area (Å²) in [6.07, 6.45) is -16.0. The Morgan fingerprint density at radius 3 is 2.34 bits per heavy atom. The number of esters is 3. The van der Waals surface area contributed by atoms with Crippen molar-refractivity contribution in [1.82, 2.24) is 0 Å². The maximum absolute atomic E-state index is 13.2. The van der Waals surface area contributed by atoms with Crippen molar-refractivity contribution >= 4 is 52.8 Å². The molecule has 0 aromatic heterocycles. The number of isothiocyanates is 1. The van der Waals surface area contributed by atoms with E-state index in [0.29, 0.717) is 6.42 Å². The lowest BCUT2D eigenvalue weighted by atomic mass is 9.74. The molecule has 20 heteroatoms. The SMILES string of the molecule is C/C=C(/N=C=S)C(=O)OC1C(COC(C)=O)O[C@H]([C@@]2(O)CC(=O)C(=N)C(C(=O)O)=C2O)C(O)C1OC1CC(O)C(O)([C@H](C)OC(=O)[C@@H](C)CC)C(C)O1. The highest BCUT2D eigenvalue weighted by molar-refractivity contribution is 7.78. The number of Topliss-reactive ketones (excluding diaryl/α,β-unsaturated/α-hetero) is 1. The first-order chi connectivity index (χ1) is 24.7. The van der Waals surface area contributed by atoms with Crippen LogP contribution in [-0.4, -0.2) is 144 Å². The molecule has 2 heterocycles. The van der Waals surface area contributed by atoms with Crippen molar-refractivity contribution in [3.05, 3.63) is 23.1 Å². The van der Waals surface area contributed by atoms with Crippen LogP contribution in [-0.2, 0) is 52.4 Å². The monoisotopic (exact) mass is 772 g/mol. The second-order valence-electron chi connectivity index (χ2n) is 12.9. The summed E-state index contributed by atoms with van der Waals surface area (Å²) >= 11 is 4.58. The van der Waals surface area contributed by atoms with Gasteiger partial charge in [-0.1, -0.05) is 19.9 Å². The number of rotatable bonds is 13. The van der Waals surface area contributed by atoms with E-state index in [-0.39, 0.29) is 5.70 Å². The first kappa shape index (κ1) is 43.4. The fraction of sp³-hybridized carbons (Fsp3) is 0.667. The molecule has 53 heavy (non-hydrogen) atoms. The lowest BCUT2D eigenvalue weighted by Crippen LogP contribution is -2.70. The molecule has 3 aliphatic rings. The van der Waals surface area contributed by atoms with Crippen LogP contribution < -0.4 is 0 Å². The van der Waals surface area contributed by atoms with Crippen molar-refractivity contribution in [1.29, 1.82) is 5.41 Å². The highest BCUT2D eigenvalue weighted by Gasteiger charge is 2.61. The predicted molar refractivity (Wildman–Crippen MR) is 179 cm³/mol. The van der Waals surface area contributed by atoms with Gasteiger partial charge in [-0.15, -0.1) is 0 Å². The van der Waals surface area contributed by atoms with E-state index in [4.69, 9.17) is 33.8 Å². The molecule has 0 amide bonds. The van der Waals surface area contributed by atoms with Gasteiger partial charge < -0.3 is 59.1 Å². The van der Waals surface area contributed by atoms with Crippen molar-refractivity contribution in [3.63, 3.8) is 0 Å². The molecule has 0 bridgehead atoms. The van der Waals surface area contributed by atoms with E-state index in [1.807, 2.05) is 5.16 Å². The van der Waals surface area contributed by atoms with Gasteiger partial charge in [-0.05, 0) is 39.4 Å². The molecule has 0 saturated carbocycles. The number of hydrogen-bond donors (Lipinski definition) is 7. The minimum Gasteiger partial charge on any atom is -0.508 e. The second kappa shape index (κ2) is 17.4. The summed E-state index contributed by atoms with van der Waals surface area (Å²) in [7, 11) is 0. The summed E-state index contributed by atoms with van der Waals surface area (Å²) in [5.41, 5.74) is -8.05. The zero-order chi connectivity index (χ0) is 40.2. The van der Waals surface area contributed by atoms with E-state index >= 15 is 0 Å². The molecule has 1 aliphatic carbocycles. The Kier molecular flexibility index (Phi) is 14.3. The van der Waals surface area contributed by atoms with Crippen LogP contribution >= 0.6 is 12.2 Å². The second-order valence-corrected chi connectivity index (χ2v) is 13.1. The fourth-order valence-corrected chi connectivity index (χ4v) is 6.30. The Balaban J connectivity index is 2.11. The summed E-state index contributed by atoms with van der Waals surface area (Å²) in [5, 5.41) is 76.8. The number of nitrogens with zero attached hydrogens (tertiary/aromatic N) is 1. The standard InChI is InChI=1S/C33H44N2O17S/c1-7-13(3)30(43)49-15(5)33(46)14(4)48-21(9-20(33)38)51-26-24(39)28(32(45)10-18(37)23(34)22(27(32)40)29(41)42)50-19(11-47-16(6)36)25(26)52-31(44)17(8-2)35-12-53/h8,13-15,19-21,24-26,28,34,38-40,45-46H,7,9-11H2,1-6H3,(H,41,42)/b17-8+,34-23?/t13-,14?,15-,19?,20?,21?,24?,25?,26?,28-,32+,33?/m0/s1. The number of aliphatic hydroxyl groups excluding tert-OH is 3. The number of carboxylic acid groups (broad SMARTS) is 1. The molecule has 12 atom stereocenters. The molecular formula is C33H44N2O17S. The molecule has 8 unspecified atom stereocenters. The van der Waals surface area contributed by atoms with E-state index in [9.17, 15) is 54.6 Å². The molecule has 0 aromatic carbocycles. The molecule has 0 aromatic rings. The van der Waals surface area contributed by atoms with Gasteiger partial charge in [0.15, 0.2) is 35.1 Å². The van der Waals surface area contributed by atoms with E-state index in [0.717, 1.165) is 6.92 Å². The fourth-order valence-electron chi connectivity index (χ4n) is 6.20. The molecule has 2 fully saturated rings. The molecule has 294 valence electrons. The van der Waals surface area contributed by atoms with Crippen LogP contribution in [0.3, 0.4) is 0 Å². The Hall–Kier alpha value is -3.98. The predicted octanol–water partition coefficient (Wildman–Crippen LogP) is -0.194. The third-order valence-corrected chi connectivity index (χ3v) is 9.61. The number of aliphatic imine (C=N–C) groups is 1. The highest BCUT2D eigenvalue weighted by atomic mass is 32.1. The van der Waals surface area contributed by atoms with Gasteiger partial charge in [0.25, 0.3) is 0 Å². The third kappa shape index (κ3) is 8.88. The number of allylic oxidation sites excluding steroid dienone is 1. The Morgan fingerprint density at radius 2 is 1.81 bits per heavy atom. The van der Waals surface area contributed by atoms with E-state index in [1.165, 1.54) is 26.8 Å². The lowest BCUT2D eigenvalue weighted by molar-refractivity contribution is -0.343. The lowest BCUT2D eigenvalue weighted by Gasteiger charge is -2.51. The Labute approximate surface area is 308 Å². The number of aliphatic carboxylic acids is 1. The smallest absolute Gasteiger partial charge is 0.357 e. The van der Waals surface area contributed by atoms with Crippen molar-refractivity contribution in [2.45, 2.75) is 127 Å². The normalized spacial score (nSPS) is 34.7. The van der Waals surface area contributed by atoms with Crippen LogP contribution in [0.15, 0.2) is 28.1 Å². The number of carboxylic acids is 1. The number of nitrogens with one attached hydrogen (secondary N) is 1. The van der Waals surface area contributed by atoms with Crippen LogP contribution in [0.4, 0.5) is 0 Å². The zero-order valence-electron chi connectivity index (χ0n) is 29.7. The van der Waals surface area contributed by atoms with Gasteiger partial charge in [0.1, 0.15) is 54.2 Å². The van der Waals surface area contributed by atoms with Gasteiger partial charge in [0.2, 0.25) is 0 Å². The largest absolute Gasteiger partial charge is 0.508 e. The summed E-state index contributed by atoms with van der Waals surface area (Å²) in [5.74, 6) is -7.86. The van der Waals surface area contributed by atoms with E-state index in [2.05, 4.69) is 17.2 Å². The first-order valence-corrected chi connectivity index (χ1v) is 16.9. The van der Waals surface area contributed by atoms with Crippen LogP contribution in [0.5, 0.6) is 0 Å². The molecule has 2 saturated heterocycles. The molecule has 3 rings (SSSR count). The molecular weight excluding hydrogens is 728 g/mol. The number of carbonyl (C=O) groups excluding carboxylic acids is 4. The van der Waals surface area contributed by atoms with Gasteiger partial charge in [-0.2, -0.15) is 4.99 Å². The number of hydrogen-bond acceptors (Lipinski definition) is 19. The van der Waals surface area contributed by atoms with Crippen LogP contribution in [0.2, 0.25) is 0 Å². The third-order valence-electron chi connectivity index (χ3n) is 9.52. The summed E-state index contributed by atoms with van der Waals surface area (Å²) < 4.78 is 33.9. The number of aliphatic hydroxyl groups is 5. The molecule has 19 nitrogen and oxygen atoms in total. The average molecular weight is 773 g/mol. The number of ketones is 1. The van der Waals surface area contributed by atoms with Crippen LogP contribution in [0.25, 0.3) is 0 Å². The van der Waals surface area contributed by atoms with Gasteiger partial charge in [0.05, 0.1) is 29.7 Å². The van der Waals surface area contributed by atoms with Gasteiger partial charge in [0, 0.05) is 13.3 Å². The topological polar surface area (TPSA) is 298 Å². The maximum atomic E-state index is 13.2. The first-order valence-electron chi connectivity index (χ1n) is 16.5. The van der Waals surface area contributed by atoms with Crippen molar-refractivity contribution < 1.29 is 83.0 Å². The van der Waals surface area contributed by atoms with E-state index in [1.54, 1.807) is 13.8 Å². The number of thiocarbonyl (C=S) groups is 1. The average Bonchev–Trinajstić information content (AvgIpc) is 3.08. The van der Waals surface area contributed by atoms with Gasteiger partial charge >= 0.3 is 23.9 Å². The van der Waals surface area contributed by atoms with Crippen molar-refractivity contribution in [3.8, 4) is 0 Å². The number of carbonyl (C=O) groups is 5. The summed E-state index contributed by atoms with van der Waals surface area (Å²) in [6.45, 7) is 7.70. The summed E-state index contributed by atoms with van der Waals surface area (Å²) in [6, 6.07) is 0. The highest BCUT2D eigenvalue weighted by Crippen LogP contribution is 2.42. The van der Waals surface area contributed by atoms with Crippen LogP contribution in [0.1, 0.15) is 60.8 Å². The van der Waals surface area contributed by atoms with Gasteiger partial charge in [-0.25, -0.2) is 9.59 Å². The van der Waals surface area contributed by atoms with Gasteiger partial charge in [-0.3, -0.25) is 19.8 Å². The molecule has 7 N–H and O–H groups in total. The Morgan fingerprint density at radius 1 is 1.17 bits per heavy atom. The molecule has 0 spiro atoms. The van der Waals surface area contributed by atoms with Crippen LogP contribution in [0, 0.1) is 11.3 Å². The zero-order valence-corrected chi connectivity index (χ0v) is 30.5. The minimum atomic E-state index is -3.05.